The molecule has 0 aromatic heterocycles. The van der Waals surface area contributed by atoms with Gasteiger partial charge in [0, 0.05) is 0 Å². The van der Waals surface area contributed by atoms with Crippen LogP contribution in [0.1, 0.15) is 6.42 Å². The highest BCUT2D eigenvalue weighted by atomic mass is 79.9. The van der Waals surface area contributed by atoms with Crippen LogP contribution in [0.4, 0.5) is 0 Å². The Kier molecular flexibility index (Phi) is 2.19. The number of hydrogen-bond acceptors (Lipinski definition) is 3. The number of Topliss-reactive ketones (excluding diaryl/α,β-unsaturated/α-hetero) is 1. The monoisotopic (exact) mass is 257 g/mol. The minimum Gasteiger partial charge on any atom is -0.495 e. The highest BCUT2D eigenvalue weighted by molar-refractivity contribution is 9.11. The molecule has 2 rings (SSSR count). The molecule has 1 aliphatic carbocycles. The van der Waals surface area contributed by atoms with Crippen molar-refractivity contribution in [3.63, 3.8) is 0 Å². The molecule has 1 saturated heterocycles. The number of rotatable bonds is 1. The Hall–Kier alpha value is -1.10. The first-order valence-electron chi connectivity index (χ1n) is 4.13. The standard InChI is InChI=1S/C9H8BrNO3/c1-14-6-3-4(10)2-5-7(6)11-9(13)8(5)12/h3,5H,2H2,1H3,(H,11,13). The highest BCUT2D eigenvalue weighted by Gasteiger charge is 2.40. The Morgan fingerprint density at radius 1 is 1.57 bits per heavy atom. The summed E-state index contributed by atoms with van der Waals surface area (Å²) in [7, 11) is 1.51. The van der Waals surface area contributed by atoms with Crippen LogP contribution in [0, 0.1) is 5.92 Å². The smallest absolute Gasteiger partial charge is 0.292 e. The van der Waals surface area contributed by atoms with Gasteiger partial charge in [0.05, 0.1) is 18.7 Å². The van der Waals surface area contributed by atoms with Crippen molar-refractivity contribution in [2.75, 3.05) is 7.11 Å². The van der Waals surface area contributed by atoms with Crippen LogP contribution in [0.3, 0.4) is 0 Å². The number of halogens is 1. The number of amides is 1. The fourth-order valence-corrected chi connectivity index (χ4v) is 2.16. The van der Waals surface area contributed by atoms with Gasteiger partial charge in [-0.3, -0.25) is 9.59 Å². The zero-order valence-corrected chi connectivity index (χ0v) is 9.05. The summed E-state index contributed by atoms with van der Waals surface area (Å²) in [5, 5.41) is 2.53. The van der Waals surface area contributed by atoms with Crippen LogP contribution in [-0.4, -0.2) is 18.8 Å². The Morgan fingerprint density at radius 3 is 2.93 bits per heavy atom. The Morgan fingerprint density at radius 2 is 2.29 bits per heavy atom. The number of ether oxygens (including phenoxy) is 1. The fourth-order valence-electron chi connectivity index (χ4n) is 1.63. The summed E-state index contributed by atoms with van der Waals surface area (Å²) in [6, 6.07) is 0. The Balaban J connectivity index is 2.45. The lowest BCUT2D eigenvalue weighted by Gasteiger charge is -2.17. The fraction of sp³-hybridized carbons (Fsp3) is 0.333. The molecule has 1 heterocycles. The van der Waals surface area contributed by atoms with Crippen molar-refractivity contribution in [1.82, 2.24) is 5.32 Å². The van der Waals surface area contributed by atoms with Crippen molar-refractivity contribution >= 4 is 27.6 Å². The van der Waals surface area contributed by atoms with Crippen molar-refractivity contribution in [2.45, 2.75) is 6.42 Å². The molecular weight excluding hydrogens is 250 g/mol. The van der Waals surface area contributed by atoms with Crippen molar-refractivity contribution in [3.05, 3.63) is 22.0 Å². The number of nitrogens with one attached hydrogen (secondary N) is 1. The van der Waals surface area contributed by atoms with E-state index in [1.807, 2.05) is 0 Å². The molecule has 4 nitrogen and oxygen atoms in total. The topological polar surface area (TPSA) is 55.4 Å². The average molecular weight is 258 g/mol. The molecule has 1 fully saturated rings. The lowest BCUT2D eigenvalue weighted by Crippen LogP contribution is -2.18. The molecule has 0 bridgehead atoms. The largest absolute Gasteiger partial charge is 0.495 e. The predicted octanol–water partition coefficient (Wildman–Crippen LogP) is 0.842. The molecule has 1 amide bonds. The maximum atomic E-state index is 11.4. The molecule has 0 radical (unpaired) electrons. The summed E-state index contributed by atoms with van der Waals surface area (Å²) in [5.41, 5.74) is 0.589. The molecule has 14 heavy (non-hydrogen) atoms. The summed E-state index contributed by atoms with van der Waals surface area (Å²) >= 11 is 3.31. The summed E-state index contributed by atoms with van der Waals surface area (Å²) in [5.74, 6) is -0.779. The summed E-state index contributed by atoms with van der Waals surface area (Å²) in [6.07, 6.45) is 2.30. The van der Waals surface area contributed by atoms with Gasteiger partial charge in [-0.2, -0.15) is 0 Å². The first kappa shape index (κ1) is 9.45. The van der Waals surface area contributed by atoms with Crippen LogP contribution in [-0.2, 0) is 14.3 Å². The number of ketones is 1. The van der Waals surface area contributed by atoms with E-state index < -0.39 is 11.8 Å². The predicted molar refractivity (Wildman–Crippen MR) is 52.3 cm³/mol. The van der Waals surface area contributed by atoms with Gasteiger partial charge < -0.3 is 10.1 Å². The van der Waals surface area contributed by atoms with Gasteiger partial charge in [-0.05, 0) is 17.0 Å². The SMILES string of the molecule is COC1=C2NC(=O)C(=O)C2CC(Br)=C1. The second-order valence-corrected chi connectivity index (χ2v) is 4.17. The number of hydrogen-bond donors (Lipinski definition) is 1. The van der Waals surface area contributed by atoms with Crippen LogP contribution in [0.2, 0.25) is 0 Å². The molecule has 0 saturated carbocycles. The van der Waals surface area contributed by atoms with E-state index in [4.69, 9.17) is 4.74 Å². The summed E-state index contributed by atoms with van der Waals surface area (Å²) < 4.78 is 5.95. The minimum absolute atomic E-state index is 0.389. The van der Waals surface area contributed by atoms with Crippen molar-refractivity contribution in [2.24, 2.45) is 5.92 Å². The first-order valence-corrected chi connectivity index (χ1v) is 4.92. The molecular formula is C9H8BrNO3. The van der Waals surface area contributed by atoms with E-state index in [-0.39, 0.29) is 5.78 Å². The van der Waals surface area contributed by atoms with Gasteiger partial charge in [0.2, 0.25) is 5.78 Å². The number of fused-ring (bicyclic) bond motifs is 1. The summed E-state index contributed by atoms with van der Waals surface area (Å²) in [4.78, 5) is 22.5. The van der Waals surface area contributed by atoms with E-state index in [2.05, 4.69) is 21.2 Å². The quantitative estimate of drug-likeness (QED) is 0.709. The van der Waals surface area contributed by atoms with Gasteiger partial charge >= 0.3 is 0 Å². The third-order valence-electron chi connectivity index (χ3n) is 2.31. The van der Waals surface area contributed by atoms with E-state index in [0.717, 1.165) is 4.48 Å². The molecule has 1 N–H and O–H groups in total. The zero-order chi connectivity index (χ0) is 10.3. The van der Waals surface area contributed by atoms with E-state index in [0.29, 0.717) is 17.9 Å². The van der Waals surface area contributed by atoms with Crippen LogP contribution in [0.25, 0.3) is 0 Å². The lowest BCUT2D eigenvalue weighted by atomic mass is 9.95. The van der Waals surface area contributed by atoms with Gasteiger partial charge in [0.15, 0.2) is 0 Å². The van der Waals surface area contributed by atoms with Gasteiger partial charge in [0.25, 0.3) is 5.91 Å². The second-order valence-electron chi connectivity index (χ2n) is 3.15. The van der Waals surface area contributed by atoms with E-state index in [9.17, 15) is 9.59 Å². The van der Waals surface area contributed by atoms with Crippen molar-refractivity contribution < 1.29 is 14.3 Å². The molecule has 74 valence electrons. The number of carbonyl (C=O) groups excluding carboxylic acids is 2. The minimum atomic E-state index is -0.546. The van der Waals surface area contributed by atoms with E-state index >= 15 is 0 Å². The summed E-state index contributed by atoms with van der Waals surface area (Å²) in [6.45, 7) is 0. The third kappa shape index (κ3) is 1.28. The second kappa shape index (κ2) is 3.24. The van der Waals surface area contributed by atoms with Gasteiger partial charge in [0.1, 0.15) is 5.76 Å². The Labute approximate surface area is 89.1 Å². The van der Waals surface area contributed by atoms with Crippen molar-refractivity contribution in [1.29, 1.82) is 0 Å². The number of carbonyl (C=O) groups is 2. The zero-order valence-electron chi connectivity index (χ0n) is 7.46. The molecule has 1 aliphatic heterocycles. The molecule has 1 unspecified atom stereocenters. The molecule has 0 aromatic rings. The molecule has 2 aliphatic rings. The molecule has 5 heteroatoms. The Bertz CT molecular complexity index is 384. The first-order chi connectivity index (χ1) is 6.63. The highest BCUT2D eigenvalue weighted by Crippen LogP contribution is 2.34. The van der Waals surface area contributed by atoms with Crippen molar-refractivity contribution in [3.8, 4) is 0 Å². The van der Waals surface area contributed by atoms with Gasteiger partial charge in [-0.1, -0.05) is 15.9 Å². The maximum absolute atomic E-state index is 11.4. The number of allylic oxidation sites excluding steroid dienone is 3. The molecule has 0 aromatic carbocycles. The van der Waals surface area contributed by atoms with E-state index in [1.54, 1.807) is 6.08 Å². The molecule has 1 atom stereocenters. The normalized spacial score (nSPS) is 25.9. The van der Waals surface area contributed by atoms with Crippen LogP contribution >= 0.6 is 15.9 Å². The number of methoxy groups -OCH3 is 1. The maximum Gasteiger partial charge on any atom is 0.292 e. The van der Waals surface area contributed by atoms with Crippen LogP contribution in [0.5, 0.6) is 0 Å². The lowest BCUT2D eigenvalue weighted by molar-refractivity contribution is -0.136. The van der Waals surface area contributed by atoms with Gasteiger partial charge in [-0.15, -0.1) is 0 Å². The van der Waals surface area contributed by atoms with E-state index in [1.165, 1.54) is 7.11 Å². The molecule has 0 spiro atoms. The van der Waals surface area contributed by atoms with Gasteiger partial charge in [-0.25, -0.2) is 0 Å². The van der Waals surface area contributed by atoms with Crippen LogP contribution < -0.4 is 5.32 Å². The average Bonchev–Trinajstić information content (AvgIpc) is 2.43. The van der Waals surface area contributed by atoms with Crippen LogP contribution in [0.15, 0.2) is 22.0 Å². The third-order valence-corrected chi connectivity index (χ3v) is 2.86.